The molecule has 2 N–H and O–H groups in total. The Labute approximate surface area is 131 Å². The van der Waals surface area contributed by atoms with Crippen molar-refractivity contribution < 1.29 is 22.7 Å². The molecule has 1 aliphatic heterocycles. The number of halogens is 4. The Morgan fingerprint density at radius 2 is 2.18 bits per heavy atom. The predicted octanol–water partition coefficient (Wildman–Crippen LogP) is 4.05. The monoisotopic (exact) mass is 336 g/mol. The normalized spacial score (nSPS) is 19.8. The lowest BCUT2D eigenvalue weighted by Gasteiger charge is -2.20. The van der Waals surface area contributed by atoms with Crippen LogP contribution in [0.5, 0.6) is 0 Å². The van der Waals surface area contributed by atoms with Crippen LogP contribution in [0.15, 0.2) is 18.2 Å². The van der Waals surface area contributed by atoms with Crippen molar-refractivity contribution in [3.05, 3.63) is 28.8 Å². The van der Waals surface area contributed by atoms with Crippen LogP contribution >= 0.6 is 11.6 Å². The number of rotatable bonds is 3. The minimum Gasteiger partial charge on any atom is -0.376 e. The lowest BCUT2D eigenvalue weighted by atomic mass is 10.1. The summed E-state index contributed by atoms with van der Waals surface area (Å²) in [5.74, 6) is 0. The van der Waals surface area contributed by atoms with Crippen LogP contribution in [0.25, 0.3) is 0 Å². The molecule has 1 aromatic rings. The first-order chi connectivity index (χ1) is 10.3. The summed E-state index contributed by atoms with van der Waals surface area (Å²) in [4.78, 5) is 11.9. The Morgan fingerprint density at radius 1 is 1.45 bits per heavy atom. The molecule has 0 aromatic heterocycles. The summed E-state index contributed by atoms with van der Waals surface area (Å²) in [6.07, 6.45) is -2.81. The molecular weight excluding hydrogens is 321 g/mol. The first-order valence-electron chi connectivity index (χ1n) is 6.83. The molecule has 0 radical (unpaired) electrons. The van der Waals surface area contributed by atoms with E-state index in [9.17, 15) is 18.0 Å². The van der Waals surface area contributed by atoms with Gasteiger partial charge in [-0.25, -0.2) is 4.79 Å². The first kappa shape index (κ1) is 16.9. The van der Waals surface area contributed by atoms with Gasteiger partial charge >= 0.3 is 12.2 Å². The van der Waals surface area contributed by atoms with E-state index in [2.05, 4.69) is 10.6 Å². The van der Waals surface area contributed by atoms with E-state index in [4.69, 9.17) is 16.3 Å². The summed E-state index contributed by atoms with van der Waals surface area (Å²) >= 11 is 5.82. The molecule has 4 nitrogen and oxygen atoms in total. The van der Waals surface area contributed by atoms with E-state index < -0.39 is 17.8 Å². The highest BCUT2D eigenvalue weighted by molar-refractivity contribution is 6.33. The second-order valence-corrected chi connectivity index (χ2v) is 5.54. The second kappa shape index (κ2) is 6.75. The minimum absolute atomic E-state index is 0.0351. The van der Waals surface area contributed by atoms with E-state index in [0.29, 0.717) is 6.61 Å². The van der Waals surface area contributed by atoms with Gasteiger partial charge < -0.3 is 15.4 Å². The molecule has 2 atom stereocenters. The SMILES string of the molecule is C[C@H](NC(=O)Nc1cc(C(F)(F)F)ccc1Cl)[C@H]1CCCO1. The van der Waals surface area contributed by atoms with Crippen LogP contribution in [0.3, 0.4) is 0 Å². The van der Waals surface area contributed by atoms with Gasteiger partial charge in [0.2, 0.25) is 0 Å². The topological polar surface area (TPSA) is 50.4 Å². The van der Waals surface area contributed by atoms with E-state index in [-0.39, 0.29) is 22.9 Å². The van der Waals surface area contributed by atoms with Crippen LogP contribution in [0.4, 0.5) is 23.7 Å². The molecule has 1 aromatic carbocycles. The number of hydrogen-bond donors (Lipinski definition) is 2. The van der Waals surface area contributed by atoms with Crippen molar-refractivity contribution >= 4 is 23.3 Å². The Bertz CT molecular complexity index is 545. The fourth-order valence-electron chi connectivity index (χ4n) is 2.25. The lowest BCUT2D eigenvalue weighted by Crippen LogP contribution is -2.43. The molecule has 0 bridgehead atoms. The van der Waals surface area contributed by atoms with Crippen molar-refractivity contribution in [1.29, 1.82) is 0 Å². The molecule has 2 amide bonds. The van der Waals surface area contributed by atoms with Crippen LogP contribution in [0.1, 0.15) is 25.3 Å². The van der Waals surface area contributed by atoms with Crippen LogP contribution in [0.2, 0.25) is 5.02 Å². The summed E-state index contributed by atoms with van der Waals surface area (Å²) in [5.41, 5.74) is -0.965. The fraction of sp³-hybridized carbons (Fsp3) is 0.500. The first-order valence-corrected chi connectivity index (χ1v) is 7.21. The number of ether oxygens (including phenoxy) is 1. The van der Waals surface area contributed by atoms with E-state index >= 15 is 0 Å². The van der Waals surface area contributed by atoms with Crippen molar-refractivity contribution in [2.45, 2.75) is 38.1 Å². The number of anilines is 1. The van der Waals surface area contributed by atoms with Crippen LogP contribution in [0, 0.1) is 0 Å². The maximum Gasteiger partial charge on any atom is 0.416 e. The van der Waals surface area contributed by atoms with E-state index in [0.717, 1.165) is 31.0 Å². The highest BCUT2D eigenvalue weighted by atomic mass is 35.5. The third-order valence-corrected chi connectivity index (χ3v) is 3.75. The van der Waals surface area contributed by atoms with Gasteiger partial charge in [-0.15, -0.1) is 0 Å². The zero-order valence-electron chi connectivity index (χ0n) is 11.8. The largest absolute Gasteiger partial charge is 0.416 e. The van der Waals surface area contributed by atoms with Gasteiger partial charge in [-0.2, -0.15) is 13.2 Å². The predicted molar refractivity (Wildman–Crippen MR) is 77.0 cm³/mol. The highest BCUT2D eigenvalue weighted by Gasteiger charge is 2.31. The zero-order chi connectivity index (χ0) is 16.3. The number of carbonyl (C=O) groups is 1. The molecule has 1 aliphatic rings. The Balaban J connectivity index is 2.01. The molecule has 8 heteroatoms. The van der Waals surface area contributed by atoms with Crippen molar-refractivity contribution in [2.24, 2.45) is 0 Å². The maximum atomic E-state index is 12.7. The molecule has 1 saturated heterocycles. The van der Waals surface area contributed by atoms with Crippen molar-refractivity contribution in [3.8, 4) is 0 Å². The maximum absolute atomic E-state index is 12.7. The molecule has 1 heterocycles. The summed E-state index contributed by atoms with van der Waals surface area (Å²) in [6.45, 7) is 2.43. The molecule has 0 spiro atoms. The van der Waals surface area contributed by atoms with Gasteiger partial charge in [0.05, 0.1) is 28.4 Å². The molecule has 0 aliphatic carbocycles. The summed E-state index contributed by atoms with van der Waals surface area (Å²) in [7, 11) is 0. The smallest absolute Gasteiger partial charge is 0.376 e. The number of benzene rings is 1. The van der Waals surface area contributed by atoms with Gasteiger partial charge in [0.15, 0.2) is 0 Å². The third kappa shape index (κ3) is 4.27. The highest BCUT2D eigenvalue weighted by Crippen LogP contribution is 2.33. The van der Waals surface area contributed by atoms with Crippen LogP contribution in [-0.2, 0) is 10.9 Å². The Kier molecular flexibility index (Phi) is 5.18. The van der Waals surface area contributed by atoms with E-state index in [1.807, 2.05) is 0 Å². The van der Waals surface area contributed by atoms with Crippen molar-refractivity contribution in [2.75, 3.05) is 11.9 Å². The standard InChI is InChI=1S/C14H16ClF3N2O2/c1-8(12-3-2-6-22-12)19-13(21)20-11-7-9(14(16,17)18)4-5-10(11)15/h4-5,7-8,12H,2-3,6H2,1H3,(H2,19,20,21)/t8-,12+/m0/s1. The van der Waals surface area contributed by atoms with E-state index in [1.54, 1.807) is 6.92 Å². The van der Waals surface area contributed by atoms with Gasteiger partial charge in [-0.05, 0) is 38.0 Å². The summed E-state index contributed by atoms with van der Waals surface area (Å²) < 4.78 is 43.4. The number of amides is 2. The molecular formula is C14H16ClF3N2O2. The van der Waals surface area contributed by atoms with Gasteiger partial charge in [-0.1, -0.05) is 11.6 Å². The quantitative estimate of drug-likeness (QED) is 0.875. The zero-order valence-corrected chi connectivity index (χ0v) is 12.6. The molecule has 22 heavy (non-hydrogen) atoms. The molecule has 1 fully saturated rings. The second-order valence-electron chi connectivity index (χ2n) is 5.13. The van der Waals surface area contributed by atoms with E-state index in [1.165, 1.54) is 0 Å². The van der Waals surface area contributed by atoms with Crippen LogP contribution < -0.4 is 10.6 Å². The number of carbonyl (C=O) groups excluding carboxylic acids is 1. The minimum atomic E-state index is -4.50. The Morgan fingerprint density at radius 3 is 2.77 bits per heavy atom. The van der Waals surface area contributed by atoms with Crippen LogP contribution in [-0.4, -0.2) is 24.8 Å². The molecule has 0 unspecified atom stereocenters. The fourth-order valence-corrected chi connectivity index (χ4v) is 2.42. The Hall–Kier alpha value is -1.47. The third-order valence-electron chi connectivity index (χ3n) is 3.42. The molecule has 122 valence electrons. The van der Waals surface area contributed by atoms with Gasteiger partial charge in [0.25, 0.3) is 0 Å². The molecule has 2 rings (SSSR count). The van der Waals surface area contributed by atoms with Gasteiger partial charge in [-0.3, -0.25) is 0 Å². The molecule has 0 saturated carbocycles. The average Bonchev–Trinajstić information content (AvgIpc) is 2.94. The summed E-state index contributed by atoms with van der Waals surface area (Å²) in [6, 6.07) is 1.90. The summed E-state index contributed by atoms with van der Waals surface area (Å²) in [5, 5.41) is 5.02. The average molecular weight is 337 g/mol. The lowest BCUT2D eigenvalue weighted by molar-refractivity contribution is -0.137. The van der Waals surface area contributed by atoms with Crippen molar-refractivity contribution in [1.82, 2.24) is 5.32 Å². The number of hydrogen-bond acceptors (Lipinski definition) is 2. The van der Waals surface area contributed by atoms with Gasteiger partial charge in [0, 0.05) is 6.61 Å². The number of nitrogens with one attached hydrogen (secondary N) is 2. The number of urea groups is 1. The van der Waals surface area contributed by atoms with Gasteiger partial charge in [0.1, 0.15) is 0 Å². The van der Waals surface area contributed by atoms with Crippen molar-refractivity contribution in [3.63, 3.8) is 0 Å². The number of alkyl halides is 3.